The van der Waals surface area contributed by atoms with Gasteiger partial charge in [0.15, 0.2) is 0 Å². The normalized spacial score (nSPS) is 16.2. The Morgan fingerprint density at radius 3 is 2.38 bits per heavy atom. The standard InChI is InChI=1S/C9H19F2NS/c1-4-13-6-5-7(2)12-8(3)9(10)11/h7-9,12H,4-6H2,1-3H3. The fourth-order valence-electron chi connectivity index (χ4n) is 1.01. The summed E-state index contributed by atoms with van der Waals surface area (Å²) in [6.07, 6.45) is -1.31. The molecule has 0 radical (unpaired) electrons. The molecule has 80 valence electrons. The van der Waals surface area contributed by atoms with E-state index in [0.717, 1.165) is 17.9 Å². The number of hydrogen-bond acceptors (Lipinski definition) is 2. The lowest BCUT2D eigenvalue weighted by Gasteiger charge is -2.18. The first-order valence-electron chi connectivity index (χ1n) is 4.69. The number of thioether (sulfide) groups is 1. The van der Waals surface area contributed by atoms with Crippen molar-refractivity contribution in [1.29, 1.82) is 0 Å². The molecule has 0 aliphatic rings. The van der Waals surface area contributed by atoms with Crippen LogP contribution in [0.2, 0.25) is 0 Å². The molecule has 0 rings (SSSR count). The topological polar surface area (TPSA) is 12.0 Å². The molecule has 0 amide bonds. The lowest BCUT2D eigenvalue weighted by molar-refractivity contribution is 0.101. The maximum absolute atomic E-state index is 12.1. The zero-order chi connectivity index (χ0) is 10.3. The molecular formula is C9H19F2NS. The molecule has 0 aromatic rings. The van der Waals surface area contributed by atoms with E-state index < -0.39 is 12.5 Å². The summed E-state index contributed by atoms with van der Waals surface area (Å²) in [6.45, 7) is 5.58. The number of alkyl halides is 2. The molecule has 0 heterocycles. The average molecular weight is 211 g/mol. The van der Waals surface area contributed by atoms with E-state index in [1.54, 1.807) is 0 Å². The van der Waals surface area contributed by atoms with Crippen molar-refractivity contribution < 1.29 is 8.78 Å². The third-order valence-corrected chi connectivity index (χ3v) is 2.76. The van der Waals surface area contributed by atoms with Gasteiger partial charge in [-0.2, -0.15) is 11.8 Å². The highest BCUT2D eigenvalue weighted by Gasteiger charge is 2.15. The number of hydrogen-bond donors (Lipinski definition) is 1. The minimum Gasteiger partial charge on any atom is -0.307 e. The Labute approximate surface area is 83.7 Å². The Morgan fingerprint density at radius 1 is 1.31 bits per heavy atom. The number of halogens is 2. The summed E-state index contributed by atoms with van der Waals surface area (Å²) >= 11 is 1.84. The zero-order valence-corrected chi connectivity index (χ0v) is 9.33. The first kappa shape index (κ1) is 13.2. The highest BCUT2D eigenvalue weighted by Crippen LogP contribution is 2.06. The third kappa shape index (κ3) is 7.26. The van der Waals surface area contributed by atoms with E-state index in [0.29, 0.717) is 0 Å². The second-order valence-corrected chi connectivity index (χ2v) is 4.57. The van der Waals surface area contributed by atoms with E-state index in [1.807, 2.05) is 18.7 Å². The third-order valence-electron chi connectivity index (χ3n) is 1.82. The molecule has 0 fully saturated rings. The van der Waals surface area contributed by atoms with Crippen LogP contribution in [-0.4, -0.2) is 30.0 Å². The van der Waals surface area contributed by atoms with Gasteiger partial charge in [0.2, 0.25) is 0 Å². The van der Waals surface area contributed by atoms with Crippen LogP contribution >= 0.6 is 11.8 Å². The molecule has 0 saturated heterocycles. The molecule has 0 aromatic heterocycles. The van der Waals surface area contributed by atoms with Crippen LogP contribution in [0.1, 0.15) is 27.2 Å². The molecule has 4 heteroatoms. The summed E-state index contributed by atoms with van der Waals surface area (Å²) in [5, 5.41) is 2.87. The fraction of sp³-hybridized carbons (Fsp3) is 1.00. The van der Waals surface area contributed by atoms with Gasteiger partial charge in [-0.1, -0.05) is 6.92 Å². The summed E-state index contributed by atoms with van der Waals surface area (Å²) in [5.74, 6) is 2.14. The van der Waals surface area contributed by atoms with E-state index in [9.17, 15) is 8.78 Å². The summed E-state index contributed by atoms with van der Waals surface area (Å²) in [5.41, 5.74) is 0. The van der Waals surface area contributed by atoms with Crippen LogP contribution in [0.25, 0.3) is 0 Å². The van der Waals surface area contributed by atoms with Crippen molar-refractivity contribution in [3.63, 3.8) is 0 Å². The molecule has 0 aliphatic heterocycles. The predicted octanol–water partition coefficient (Wildman–Crippen LogP) is 2.76. The SMILES string of the molecule is CCSCCC(C)NC(C)C(F)F. The van der Waals surface area contributed by atoms with E-state index in [2.05, 4.69) is 12.2 Å². The van der Waals surface area contributed by atoms with Crippen LogP contribution in [0.4, 0.5) is 8.78 Å². The van der Waals surface area contributed by atoms with Gasteiger partial charge in [-0.15, -0.1) is 0 Å². The molecule has 1 N–H and O–H groups in total. The summed E-state index contributed by atoms with van der Waals surface area (Å²) in [7, 11) is 0. The first-order chi connectivity index (χ1) is 6.07. The van der Waals surface area contributed by atoms with E-state index in [-0.39, 0.29) is 6.04 Å². The van der Waals surface area contributed by atoms with Crippen molar-refractivity contribution >= 4 is 11.8 Å². The molecule has 0 aromatic carbocycles. The quantitative estimate of drug-likeness (QED) is 0.650. The van der Waals surface area contributed by atoms with Crippen molar-refractivity contribution in [1.82, 2.24) is 5.32 Å². The molecular weight excluding hydrogens is 192 g/mol. The average Bonchev–Trinajstić information content (AvgIpc) is 2.04. The van der Waals surface area contributed by atoms with Crippen LogP contribution in [0, 0.1) is 0 Å². The Bertz CT molecular complexity index is 122. The fourth-order valence-corrected chi connectivity index (χ4v) is 1.82. The van der Waals surface area contributed by atoms with Gasteiger partial charge in [0.1, 0.15) is 0 Å². The Kier molecular flexibility index (Phi) is 7.66. The lowest BCUT2D eigenvalue weighted by atomic mass is 10.2. The van der Waals surface area contributed by atoms with Gasteiger partial charge in [0.05, 0.1) is 6.04 Å². The van der Waals surface area contributed by atoms with Gasteiger partial charge in [-0.25, -0.2) is 8.78 Å². The Balaban J connectivity index is 3.43. The van der Waals surface area contributed by atoms with Crippen molar-refractivity contribution in [3.05, 3.63) is 0 Å². The van der Waals surface area contributed by atoms with Crippen molar-refractivity contribution in [2.75, 3.05) is 11.5 Å². The van der Waals surface area contributed by atoms with Gasteiger partial charge in [0.25, 0.3) is 6.43 Å². The van der Waals surface area contributed by atoms with Crippen LogP contribution in [0.3, 0.4) is 0 Å². The highest BCUT2D eigenvalue weighted by atomic mass is 32.2. The molecule has 2 atom stereocenters. The highest BCUT2D eigenvalue weighted by molar-refractivity contribution is 7.99. The smallest absolute Gasteiger partial charge is 0.253 e. The maximum Gasteiger partial charge on any atom is 0.253 e. The monoisotopic (exact) mass is 211 g/mol. The van der Waals surface area contributed by atoms with Crippen molar-refractivity contribution in [2.45, 2.75) is 45.7 Å². The maximum atomic E-state index is 12.1. The molecule has 0 spiro atoms. The van der Waals surface area contributed by atoms with Gasteiger partial charge < -0.3 is 5.32 Å². The van der Waals surface area contributed by atoms with Crippen LogP contribution in [0.5, 0.6) is 0 Å². The minimum absolute atomic E-state index is 0.183. The van der Waals surface area contributed by atoms with Gasteiger partial charge in [0, 0.05) is 6.04 Å². The van der Waals surface area contributed by atoms with Crippen molar-refractivity contribution in [2.24, 2.45) is 0 Å². The molecule has 0 saturated carbocycles. The van der Waals surface area contributed by atoms with Gasteiger partial charge in [-0.3, -0.25) is 0 Å². The largest absolute Gasteiger partial charge is 0.307 e. The predicted molar refractivity (Wildman–Crippen MR) is 55.7 cm³/mol. The first-order valence-corrected chi connectivity index (χ1v) is 5.85. The number of rotatable bonds is 7. The van der Waals surface area contributed by atoms with Crippen molar-refractivity contribution in [3.8, 4) is 0 Å². The van der Waals surface area contributed by atoms with E-state index >= 15 is 0 Å². The minimum atomic E-state index is -2.26. The van der Waals surface area contributed by atoms with Gasteiger partial charge >= 0.3 is 0 Å². The lowest BCUT2D eigenvalue weighted by Crippen LogP contribution is -2.39. The molecule has 1 nitrogen and oxygen atoms in total. The van der Waals surface area contributed by atoms with E-state index in [4.69, 9.17) is 0 Å². The van der Waals surface area contributed by atoms with Crippen LogP contribution in [0.15, 0.2) is 0 Å². The molecule has 0 aliphatic carbocycles. The zero-order valence-electron chi connectivity index (χ0n) is 8.52. The molecule has 0 bridgehead atoms. The number of nitrogens with one attached hydrogen (secondary N) is 1. The summed E-state index contributed by atoms with van der Waals surface area (Å²) in [6, 6.07) is -0.510. The Hall–Kier alpha value is 0.170. The Morgan fingerprint density at radius 2 is 1.92 bits per heavy atom. The summed E-state index contributed by atoms with van der Waals surface area (Å²) < 4.78 is 24.2. The van der Waals surface area contributed by atoms with Crippen LogP contribution < -0.4 is 5.32 Å². The molecule has 13 heavy (non-hydrogen) atoms. The van der Waals surface area contributed by atoms with Gasteiger partial charge in [-0.05, 0) is 31.8 Å². The second-order valence-electron chi connectivity index (χ2n) is 3.18. The van der Waals surface area contributed by atoms with E-state index in [1.165, 1.54) is 6.92 Å². The van der Waals surface area contributed by atoms with Crippen LogP contribution in [-0.2, 0) is 0 Å². The second kappa shape index (κ2) is 7.56. The molecule has 2 unspecified atom stereocenters. The summed E-state index contributed by atoms with van der Waals surface area (Å²) in [4.78, 5) is 0.